The van der Waals surface area contributed by atoms with Crippen molar-refractivity contribution in [2.75, 3.05) is 18.4 Å². The number of ether oxygens (including phenoxy) is 1. The number of rotatable bonds is 6. The Morgan fingerprint density at radius 3 is 2.33 bits per heavy atom. The molecule has 0 aliphatic carbocycles. The molecular formula is C16H14ClF3N2O4S. The molecule has 6 nitrogen and oxygen atoms in total. The van der Waals surface area contributed by atoms with Gasteiger partial charge in [-0.1, -0.05) is 11.6 Å². The molecular weight excluding hydrogens is 409 g/mol. The molecule has 2 rings (SSSR count). The summed E-state index contributed by atoms with van der Waals surface area (Å²) in [7, 11) is -2.68. The predicted octanol–water partition coefficient (Wildman–Crippen LogP) is 3.44. The molecule has 0 saturated carbocycles. The standard InChI is InChI=1S/C16H14ClF3N2O4S/c1-26-14-7-4-11(17)8-13(14)22-27(24,25)12-5-2-10(3-6-12)15(23)21-9-16(18,19)20/h2-8,22H,9H2,1H3,(H,21,23). The van der Waals surface area contributed by atoms with Gasteiger partial charge < -0.3 is 10.1 Å². The number of hydrogen-bond acceptors (Lipinski definition) is 4. The Morgan fingerprint density at radius 1 is 1.15 bits per heavy atom. The highest BCUT2D eigenvalue weighted by Gasteiger charge is 2.28. The molecule has 2 aromatic carbocycles. The summed E-state index contributed by atoms with van der Waals surface area (Å²) in [5, 5.41) is 1.98. The van der Waals surface area contributed by atoms with Gasteiger partial charge in [0.1, 0.15) is 12.3 Å². The second-order valence-electron chi connectivity index (χ2n) is 5.27. The van der Waals surface area contributed by atoms with Crippen LogP contribution in [0.5, 0.6) is 5.75 Å². The van der Waals surface area contributed by atoms with E-state index in [2.05, 4.69) is 4.72 Å². The summed E-state index contributed by atoms with van der Waals surface area (Å²) >= 11 is 5.85. The first-order valence-corrected chi connectivity index (χ1v) is 9.19. The third kappa shape index (κ3) is 5.76. The van der Waals surface area contributed by atoms with Gasteiger partial charge in [-0.05, 0) is 42.5 Å². The van der Waals surface area contributed by atoms with Gasteiger partial charge in [0.25, 0.3) is 15.9 Å². The Hall–Kier alpha value is -2.46. The van der Waals surface area contributed by atoms with E-state index in [4.69, 9.17) is 16.3 Å². The highest BCUT2D eigenvalue weighted by atomic mass is 35.5. The number of carbonyl (C=O) groups is 1. The van der Waals surface area contributed by atoms with Gasteiger partial charge >= 0.3 is 6.18 Å². The Kier molecular flexibility index (Phi) is 6.22. The van der Waals surface area contributed by atoms with Crippen LogP contribution >= 0.6 is 11.6 Å². The minimum atomic E-state index is -4.54. The highest BCUT2D eigenvalue weighted by Crippen LogP contribution is 2.29. The van der Waals surface area contributed by atoms with Crippen molar-refractivity contribution in [1.29, 1.82) is 0 Å². The zero-order chi connectivity index (χ0) is 20.2. The SMILES string of the molecule is COc1ccc(Cl)cc1NS(=O)(=O)c1ccc(C(=O)NCC(F)(F)F)cc1. The van der Waals surface area contributed by atoms with Crippen molar-refractivity contribution in [3.63, 3.8) is 0 Å². The predicted molar refractivity (Wildman–Crippen MR) is 93.6 cm³/mol. The van der Waals surface area contributed by atoms with Crippen LogP contribution < -0.4 is 14.8 Å². The largest absolute Gasteiger partial charge is 0.495 e. The summed E-state index contributed by atoms with van der Waals surface area (Å²) in [6.45, 7) is -1.48. The summed E-state index contributed by atoms with van der Waals surface area (Å²) < 4.78 is 68.7. The monoisotopic (exact) mass is 422 g/mol. The smallest absolute Gasteiger partial charge is 0.405 e. The normalized spacial score (nSPS) is 11.7. The molecule has 11 heteroatoms. The lowest BCUT2D eigenvalue weighted by Crippen LogP contribution is -2.33. The van der Waals surface area contributed by atoms with Crippen LogP contribution in [-0.4, -0.2) is 34.2 Å². The zero-order valence-corrected chi connectivity index (χ0v) is 15.4. The number of hydrogen-bond donors (Lipinski definition) is 2. The lowest BCUT2D eigenvalue weighted by molar-refractivity contribution is -0.123. The van der Waals surface area contributed by atoms with Gasteiger partial charge in [-0.15, -0.1) is 0 Å². The van der Waals surface area contributed by atoms with E-state index in [9.17, 15) is 26.4 Å². The maximum absolute atomic E-state index is 12.5. The highest BCUT2D eigenvalue weighted by molar-refractivity contribution is 7.92. The fourth-order valence-corrected chi connectivity index (χ4v) is 3.27. The summed E-state index contributed by atoms with van der Waals surface area (Å²) in [6, 6.07) is 8.77. The van der Waals surface area contributed by atoms with Crippen LogP contribution in [-0.2, 0) is 10.0 Å². The van der Waals surface area contributed by atoms with Crippen LogP contribution in [0.3, 0.4) is 0 Å². The fraction of sp³-hybridized carbons (Fsp3) is 0.188. The molecule has 0 saturated heterocycles. The number of halogens is 4. The number of sulfonamides is 1. The molecule has 0 aliphatic rings. The molecule has 2 N–H and O–H groups in total. The molecule has 0 heterocycles. The molecule has 0 aliphatic heterocycles. The van der Waals surface area contributed by atoms with Crippen molar-refractivity contribution >= 4 is 33.2 Å². The van der Waals surface area contributed by atoms with E-state index in [1.807, 2.05) is 0 Å². The van der Waals surface area contributed by atoms with Crippen LogP contribution in [0.1, 0.15) is 10.4 Å². The van der Waals surface area contributed by atoms with Crippen LogP contribution in [0.2, 0.25) is 5.02 Å². The van der Waals surface area contributed by atoms with Crippen molar-refractivity contribution in [1.82, 2.24) is 5.32 Å². The van der Waals surface area contributed by atoms with Crippen molar-refractivity contribution < 1.29 is 31.1 Å². The maximum Gasteiger partial charge on any atom is 0.405 e. The fourth-order valence-electron chi connectivity index (χ4n) is 2.03. The van der Waals surface area contributed by atoms with Crippen LogP contribution in [0, 0.1) is 0 Å². The van der Waals surface area contributed by atoms with E-state index in [1.165, 1.54) is 25.3 Å². The first-order valence-electron chi connectivity index (χ1n) is 7.33. The number of carbonyl (C=O) groups excluding carboxylic acids is 1. The van der Waals surface area contributed by atoms with E-state index in [1.54, 1.807) is 5.32 Å². The van der Waals surface area contributed by atoms with Crippen LogP contribution in [0.15, 0.2) is 47.4 Å². The molecule has 0 unspecified atom stereocenters. The molecule has 0 fully saturated rings. The molecule has 1 amide bonds. The lowest BCUT2D eigenvalue weighted by atomic mass is 10.2. The second-order valence-corrected chi connectivity index (χ2v) is 7.39. The van der Waals surface area contributed by atoms with E-state index in [-0.39, 0.29) is 26.9 Å². The molecule has 2 aromatic rings. The molecule has 0 bridgehead atoms. The Morgan fingerprint density at radius 2 is 1.78 bits per heavy atom. The Labute approximate surface area is 158 Å². The first-order chi connectivity index (χ1) is 12.5. The average Bonchev–Trinajstić information content (AvgIpc) is 2.59. The number of nitrogens with one attached hydrogen (secondary N) is 2. The minimum absolute atomic E-state index is 0.108. The number of alkyl halides is 3. The van der Waals surface area contributed by atoms with E-state index < -0.39 is 28.7 Å². The minimum Gasteiger partial charge on any atom is -0.495 e. The summed E-state index contributed by atoms with van der Waals surface area (Å²) in [5.74, 6) is -0.730. The number of anilines is 1. The Bertz CT molecular complexity index is 932. The zero-order valence-electron chi connectivity index (χ0n) is 13.8. The van der Waals surface area contributed by atoms with E-state index >= 15 is 0 Å². The molecule has 146 valence electrons. The van der Waals surface area contributed by atoms with Gasteiger partial charge in [0, 0.05) is 10.6 Å². The lowest BCUT2D eigenvalue weighted by Gasteiger charge is -2.12. The van der Waals surface area contributed by atoms with E-state index in [0.717, 1.165) is 24.3 Å². The van der Waals surface area contributed by atoms with Crippen molar-refractivity contribution in [3.05, 3.63) is 53.1 Å². The topological polar surface area (TPSA) is 84.5 Å². The molecule has 0 radical (unpaired) electrons. The molecule has 27 heavy (non-hydrogen) atoms. The third-order valence-electron chi connectivity index (χ3n) is 3.28. The molecule has 0 aromatic heterocycles. The van der Waals surface area contributed by atoms with Gasteiger partial charge in [0.2, 0.25) is 0 Å². The van der Waals surface area contributed by atoms with Crippen molar-refractivity contribution in [2.24, 2.45) is 0 Å². The van der Waals surface area contributed by atoms with E-state index in [0.29, 0.717) is 0 Å². The van der Waals surface area contributed by atoms with Crippen LogP contribution in [0.4, 0.5) is 18.9 Å². The number of benzene rings is 2. The van der Waals surface area contributed by atoms with Crippen molar-refractivity contribution in [2.45, 2.75) is 11.1 Å². The van der Waals surface area contributed by atoms with Crippen LogP contribution in [0.25, 0.3) is 0 Å². The third-order valence-corrected chi connectivity index (χ3v) is 4.90. The van der Waals surface area contributed by atoms with Gasteiger partial charge in [-0.2, -0.15) is 13.2 Å². The number of methoxy groups -OCH3 is 1. The maximum atomic E-state index is 12.5. The van der Waals surface area contributed by atoms with Gasteiger partial charge in [-0.3, -0.25) is 9.52 Å². The molecule has 0 atom stereocenters. The Balaban J connectivity index is 2.18. The van der Waals surface area contributed by atoms with Gasteiger partial charge in [0.05, 0.1) is 17.7 Å². The van der Waals surface area contributed by atoms with Gasteiger partial charge in [0.15, 0.2) is 0 Å². The first kappa shape index (κ1) is 20.8. The summed E-state index contributed by atoms with van der Waals surface area (Å²) in [6.07, 6.45) is -4.54. The van der Waals surface area contributed by atoms with Crippen molar-refractivity contribution in [3.8, 4) is 5.75 Å². The molecule has 0 spiro atoms. The van der Waals surface area contributed by atoms with Gasteiger partial charge in [-0.25, -0.2) is 8.42 Å². The average molecular weight is 423 g/mol. The number of amides is 1. The second kappa shape index (κ2) is 8.05. The quantitative estimate of drug-likeness (QED) is 0.746. The summed E-state index contributed by atoms with van der Waals surface area (Å²) in [5.41, 5.74) is -0.00414. The summed E-state index contributed by atoms with van der Waals surface area (Å²) in [4.78, 5) is 11.5.